The molecule has 7 nitrogen and oxygen atoms in total. The highest BCUT2D eigenvalue weighted by molar-refractivity contribution is 8.00. The number of ether oxygens (including phenoxy) is 2. The fourth-order valence-electron chi connectivity index (χ4n) is 4.25. The molecule has 2 aliphatic heterocycles. The number of fused-ring (bicyclic) bond motifs is 1. The number of nitrogens with one attached hydrogen (secondary N) is 3. The van der Waals surface area contributed by atoms with Crippen LogP contribution in [0.25, 0.3) is 0 Å². The van der Waals surface area contributed by atoms with Crippen LogP contribution in [0.15, 0.2) is 41.3 Å². The number of hydrogen-bond donors (Lipinski definition) is 3. The summed E-state index contributed by atoms with van der Waals surface area (Å²) >= 11 is 1.61. The first kappa shape index (κ1) is 22.5. The normalized spacial score (nSPS) is 18.4. The lowest BCUT2D eigenvalue weighted by Crippen LogP contribution is -3.17. The molecule has 0 radical (unpaired) electrons. The number of methoxy groups -OCH3 is 2. The van der Waals surface area contributed by atoms with Gasteiger partial charge in [0.05, 0.1) is 33.0 Å². The molecule has 1 saturated heterocycles. The molecule has 2 aliphatic rings. The van der Waals surface area contributed by atoms with Gasteiger partial charge in [0.25, 0.3) is 11.8 Å². The van der Waals surface area contributed by atoms with Gasteiger partial charge in [-0.05, 0) is 61.6 Å². The SMILES string of the molecule is COc1ccc(CCNC(=O)c2ccc3c(c2)NC(=O)C([NH+]2CCCCC2)S3)cc1OC. The van der Waals surface area contributed by atoms with Crippen molar-refractivity contribution in [2.45, 2.75) is 36.0 Å². The second-order valence-electron chi connectivity index (χ2n) is 8.11. The van der Waals surface area contributed by atoms with Gasteiger partial charge in [-0.25, -0.2) is 0 Å². The lowest BCUT2D eigenvalue weighted by atomic mass is 10.1. The molecule has 0 aliphatic carbocycles. The van der Waals surface area contributed by atoms with Crippen molar-refractivity contribution < 1.29 is 24.0 Å². The number of thioether (sulfide) groups is 1. The summed E-state index contributed by atoms with van der Waals surface area (Å²) in [6.45, 7) is 2.58. The molecule has 2 aromatic rings. The van der Waals surface area contributed by atoms with Crippen molar-refractivity contribution in [3.63, 3.8) is 0 Å². The van der Waals surface area contributed by atoms with E-state index < -0.39 is 0 Å². The third kappa shape index (κ3) is 5.02. The Morgan fingerprint density at radius 3 is 2.62 bits per heavy atom. The average Bonchev–Trinajstić information content (AvgIpc) is 2.83. The van der Waals surface area contributed by atoms with E-state index in [-0.39, 0.29) is 17.2 Å². The maximum absolute atomic E-state index is 12.7. The second kappa shape index (κ2) is 10.3. The van der Waals surface area contributed by atoms with E-state index in [0.29, 0.717) is 30.0 Å². The number of amides is 2. The zero-order chi connectivity index (χ0) is 22.5. The van der Waals surface area contributed by atoms with Gasteiger partial charge in [-0.2, -0.15) is 0 Å². The molecule has 2 amide bonds. The van der Waals surface area contributed by atoms with Gasteiger partial charge in [0.2, 0.25) is 5.37 Å². The smallest absolute Gasteiger partial charge is 0.294 e. The standard InChI is InChI=1S/C24H29N3O4S/c1-30-19-8-6-16(14-20(19)31-2)10-11-25-22(28)17-7-9-21-18(15-17)26-23(29)24(32-21)27-12-4-3-5-13-27/h6-9,14-15,24H,3-5,10-13H2,1-2H3,(H,25,28)(H,26,29)/p+1. The van der Waals surface area contributed by atoms with E-state index in [1.54, 1.807) is 32.0 Å². The number of likely N-dealkylation sites (tertiary alicyclic amines) is 1. The Morgan fingerprint density at radius 1 is 1.09 bits per heavy atom. The first-order valence-corrected chi connectivity index (χ1v) is 11.9. The highest BCUT2D eigenvalue weighted by Gasteiger charge is 2.36. The zero-order valence-corrected chi connectivity index (χ0v) is 19.3. The fraction of sp³-hybridized carbons (Fsp3) is 0.417. The summed E-state index contributed by atoms with van der Waals surface area (Å²) in [6.07, 6.45) is 4.28. The molecule has 0 bridgehead atoms. The molecule has 4 rings (SSSR count). The highest BCUT2D eigenvalue weighted by atomic mass is 32.2. The fourth-order valence-corrected chi connectivity index (χ4v) is 5.45. The molecule has 32 heavy (non-hydrogen) atoms. The minimum atomic E-state index is -0.156. The first-order chi connectivity index (χ1) is 15.6. The van der Waals surface area contributed by atoms with Crippen molar-refractivity contribution in [3.8, 4) is 11.5 Å². The Morgan fingerprint density at radius 2 is 1.88 bits per heavy atom. The molecule has 0 spiro atoms. The van der Waals surface area contributed by atoms with Crippen molar-refractivity contribution in [2.24, 2.45) is 0 Å². The van der Waals surface area contributed by atoms with Gasteiger partial charge in [-0.3, -0.25) is 9.59 Å². The predicted molar refractivity (Wildman–Crippen MR) is 125 cm³/mol. The number of anilines is 1. The Hall–Kier alpha value is -2.71. The number of carbonyl (C=O) groups excluding carboxylic acids is 2. The van der Waals surface area contributed by atoms with Gasteiger partial charge in [-0.1, -0.05) is 17.8 Å². The van der Waals surface area contributed by atoms with Gasteiger partial charge < -0.3 is 25.0 Å². The topological polar surface area (TPSA) is 81.1 Å². The Kier molecular flexibility index (Phi) is 7.22. The summed E-state index contributed by atoms with van der Waals surface area (Å²) in [5.74, 6) is 1.23. The number of benzene rings is 2. The quantitative estimate of drug-likeness (QED) is 0.595. The lowest BCUT2D eigenvalue weighted by molar-refractivity contribution is -0.906. The summed E-state index contributed by atoms with van der Waals surface area (Å²) in [5, 5.41) is 5.87. The van der Waals surface area contributed by atoms with Gasteiger partial charge in [0, 0.05) is 17.0 Å². The van der Waals surface area contributed by atoms with E-state index in [9.17, 15) is 9.59 Å². The number of hydrogen-bond acceptors (Lipinski definition) is 5. The van der Waals surface area contributed by atoms with Gasteiger partial charge >= 0.3 is 0 Å². The van der Waals surface area contributed by atoms with E-state index in [1.807, 2.05) is 30.3 Å². The zero-order valence-electron chi connectivity index (χ0n) is 18.5. The van der Waals surface area contributed by atoms with Crippen molar-refractivity contribution in [1.82, 2.24) is 5.32 Å². The molecule has 0 aromatic heterocycles. The van der Waals surface area contributed by atoms with Crippen LogP contribution in [0.2, 0.25) is 0 Å². The molecule has 2 aromatic carbocycles. The van der Waals surface area contributed by atoms with Crippen molar-refractivity contribution in [1.29, 1.82) is 0 Å². The van der Waals surface area contributed by atoms with Crippen LogP contribution >= 0.6 is 11.8 Å². The largest absolute Gasteiger partial charge is 0.493 e. The molecule has 1 fully saturated rings. The summed E-state index contributed by atoms with van der Waals surface area (Å²) in [6, 6.07) is 11.3. The monoisotopic (exact) mass is 456 g/mol. The third-order valence-corrected chi connectivity index (χ3v) is 7.39. The van der Waals surface area contributed by atoms with Crippen LogP contribution in [0.5, 0.6) is 11.5 Å². The summed E-state index contributed by atoms with van der Waals surface area (Å²) < 4.78 is 10.6. The molecule has 2 heterocycles. The maximum atomic E-state index is 12.7. The van der Waals surface area contributed by atoms with Crippen LogP contribution in [-0.4, -0.2) is 51.0 Å². The predicted octanol–water partition coefficient (Wildman–Crippen LogP) is 2.12. The number of carbonyl (C=O) groups is 2. The average molecular weight is 457 g/mol. The van der Waals surface area contributed by atoms with Crippen LogP contribution in [0, 0.1) is 0 Å². The first-order valence-electron chi connectivity index (χ1n) is 11.0. The van der Waals surface area contributed by atoms with E-state index in [0.717, 1.165) is 29.2 Å². The number of piperidine rings is 1. The lowest BCUT2D eigenvalue weighted by Gasteiger charge is -2.33. The van der Waals surface area contributed by atoms with Crippen molar-refractivity contribution >= 4 is 29.3 Å². The minimum Gasteiger partial charge on any atom is -0.493 e. The molecule has 1 unspecified atom stereocenters. The van der Waals surface area contributed by atoms with E-state index in [2.05, 4.69) is 10.6 Å². The van der Waals surface area contributed by atoms with Crippen molar-refractivity contribution in [3.05, 3.63) is 47.5 Å². The third-order valence-electron chi connectivity index (χ3n) is 6.00. The number of rotatable bonds is 7. The van der Waals surface area contributed by atoms with Crippen LogP contribution in [0.3, 0.4) is 0 Å². The van der Waals surface area contributed by atoms with Gasteiger partial charge in [0.15, 0.2) is 11.5 Å². The van der Waals surface area contributed by atoms with Crippen LogP contribution in [-0.2, 0) is 11.2 Å². The molecule has 8 heteroatoms. The highest BCUT2D eigenvalue weighted by Crippen LogP contribution is 2.34. The molecule has 3 N–H and O–H groups in total. The van der Waals surface area contributed by atoms with E-state index in [1.165, 1.54) is 24.2 Å². The van der Waals surface area contributed by atoms with E-state index >= 15 is 0 Å². The number of quaternary nitrogens is 1. The Bertz CT molecular complexity index is 991. The van der Waals surface area contributed by atoms with E-state index in [4.69, 9.17) is 9.47 Å². The molecule has 170 valence electrons. The molecule has 1 atom stereocenters. The van der Waals surface area contributed by atoms with Crippen LogP contribution in [0.4, 0.5) is 5.69 Å². The maximum Gasteiger partial charge on any atom is 0.294 e. The Balaban J connectivity index is 1.35. The second-order valence-corrected chi connectivity index (χ2v) is 9.26. The molecule has 0 saturated carbocycles. The van der Waals surface area contributed by atoms with Crippen LogP contribution in [0.1, 0.15) is 35.2 Å². The Labute approximate surface area is 192 Å². The molecular formula is C24H30N3O4S+. The minimum absolute atomic E-state index is 0.0328. The van der Waals surface area contributed by atoms with Crippen LogP contribution < -0.4 is 25.0 Å². The van der Waals surface area contributed by atoms with Crippen molar-refractivity contribution in [2.75, 3.05) is 39.2 Å². The van der Waals surface area contributed by atoms with Gasteiger partial charge in [0.1, 0.15) is 0 Å². The summed E-state index contributed by atoms with van der Waals surface area (Å²) in [7, 11) is 3.21. The summed E-state index contributed by atoms with van der Waals surface area (Å²) in [5.41, 5.74) is 2.31. The summed E-state index contributed by atoms with van der Waals surface area (Å²) in [4.78, 5) is 27.7. The molecular weight excluding hydrogens is 426 g/mol. The van der Waals surface area contributed by atoms with Gasteiger partial charge in [-0.15, -0.1) is 0 Å².